The monoisotopic (exact) mass is 258 g/mol. The van der Waals surface area contributed by atoms with Gasteiger partial charge in [0, 0.05) is 18.4 Å². The van der Waals surface area contributed by atoms with Crippen molar-refractivity contribution in [2.24, 2.45) is 0 Å². The molecule has 0 aliphatic carbocycles. The predicted octanol–water partition coefficient (Wildman–Crippen LogP) is 1.49. The van der Waals surface area contributed by atoms with Crippen molar-refractivity contribution in [3.63, 3.8) is 0 Å². The molecular formula is C12H14N6O. The lowest BCUT2D eigenvalue weighted by Gasteiger charge is -2.08. The molecule has 0 spiro atoms. The van der Waals surface area contributed by atoms with E-state index in [-0.39, 0.29) is 0 Å². The number of nitrogen functional groups attached to an aromatic ring is 1. The highest BCUT2D eigenvalue weighted by atomic mass is 16.5. The molecule has 0 saturated heterocycles. The van der Waals surface area contributed by atoms with E-state index in [9.17, 15) is 0 Å². The number of nitrogens with zero attached hydrogens (tertiary/aromatic N) is 3. The zero-order valence-corrected chi connectivity index (χ0v) is 10.5. The van der Waals surface area contributed by atoms with E-state index in [0.29, 0.717) is 30.4 Å². The van der Waals surface area contributed by atoms with Gasteiger partial charge in [0.25, 0.3) is 0 Å². The third-order valence-electron chi connectivity index (χ3n) is 2.83. The molecule has 0 aliphatic heterocycles. The minimum Gasteiger partial charge on any atom is -0.397 e. The van der Waals surface area contributed by atoms with E-state index < -0.39 is 0 Å². The second kappa shape index (κ2) is 4.60. The van der Waals surface area contributed by atoms with Gasteiger partial charge >= 0.3 is 0 Å². The Kier molecular flexibility index (Phi) is 2.79. The van der Waals surface area contributed by atoms with E-state index in [1.165, 1.54) is 0 Å². The van der Waals surface area contributed by atoms with Crippen LogP contribution in [0.2, 0.25) is 0 Å². The quantitative estimate of drug-likeness (QED) is 0.612. The molecule has 3 rings (SSSR count). The third kappa shape index (κ3) is 2.35. The maximum absolute atomic E-state index is 5.97. The molecule has 98 valence electrons. The van der Waals surface area contributed by atoms with Gasteiger partial charge in [0.2, 0.25) is 5.89 Å². The van der Waals surface area contributed by atoms with Crippen molar-refractivity contribution in [3.05, 3.63) is 30.0 Å². The minimum absolute atomic E-state index is 0.617. The van der Waals surface area contributed by atoms with Crippen molar-refractivity contribution in [1.29, 1.82) is 0 Å². The van der Waals surface area contributed by atoms with Gasteiger partial charge in [-0.05, 0) is 19.1 Å². The number of H-pyrrole nitrogens is 1. The number of nitrogens with one attached hydrogen (secondary N) is 2. The lowest BCUT2D eigenvalue weighted by atomic mass is 10.2. The molecule has 0 radical (unpaired) electrons. The largest absolute Gasteiger partial charge is 0.397 e. The third-order valence-corrected chi connectivity index (χ3v) is 2.83. The van der Waals surface area contributed by atoms with E-state index in [0.717, 1.165) is 16.6 Å². The van der Waals surface area contributed by atoms with Crippen LogP contribution in [0.5, 0.6) is 0 Å². The number of anilines is 2. The van der Waals surface area contributed by atoms with E-state index in [2.05, 4.69) is 25.7 Å². The van der Waals surface area contributed by atoms with Crippen LogP contribution in [0, 0.1) is 6.92 Å². The molecule has 0 fully saturated rings. The Bertz CT molecular complexity index is 701. The smallest absolute Gasteiger partial charge is 0.228 e. The predicted molar refractivity (Wildman–Crippen MR) is 71.7 cm³/mol. The van der Waals surface area contributed by atoms with Crippen molar-refractivity contribution in [3.8, 4) is 0 Å². The van der Waals surface area contributed by atoms with E-state index in [1.54, 1.807) is 13.1 Å². The Labute approximate surface area is 109 Å². The first-order chi connectivity index (χ1) is 9.22. The molecule has 0 bridgehead atoms. The fourth-order valence-corrected chi connectivity index (χ4v) is 1.91. The molecule has 4 N–H and O–H groups in total. The zero-order chi connectivity index (χ0) is 13.2. The number of hydrogen-bond acceptors (Lipinski definition) is 6. The van der Waals surface area contributed by atoms with E-state index >= 15 is 0 Å². The summed E-state index contributed by atoms with van der Waals surface area (Å²) in [6.45, 7) is 2.47. The maximum Gasteiger partial charge on any atom is 0.228 e. The summed E-state index contributed by atoms with van der Waals surface area (Å²) in [6.07, 6.45) is 2.40. The SMILES string of the molecule is Cc1noc(CCNc2cc3[nH]ncc3cc2N)n1. The molecule has 7 nitrogen and oxygen atoms in total. The highest BCUT2D eigenvalue weighted by molar-refractivity contribution is 5.88. The molecule has 0 aliphatic rings. The van der Waals surface area contributed by atoms with Gasteiger partial charge in [-0.25, -0.2) is 0 Å². The zero-order valence-electron chi connectivity index (χ0n) is 10.5. The number of aromatic nitrogens is 4. The summed E-state index contributed by atoms with van der Waals surface area (Å²) in [5.41, 5.74) is 8.48. The Morgan fingerprint density at radius 2 is 2.32 bits per heavy atom. The van der Waals surface area contributed by atoms with Crippen LogP contribution in [0.1, 0.15) is 11.7 Å². The summed E-state index contributed by atoms with van der Waals surface area (Å²) < 4.78 is 5.04. The first kappa shape index (κ1) is 11.5. The molecule has 2 aromatic heterocycles. The van der Waals surface area contributed by atoms with Crippen molar-refractivity contribution in [2.75, 3.05) is 17.6 Å². The van der Waals surface area contributed by atoms with Crippen LogP contribution < -0.4 is 11.1 Å². The molecule has 0 atom stereocenters. The minimum atomic E-state index is 0.617. The van der Waals surface area contributed by atoms with Gasteiger partial charge in [-0.3, -0.25) is 5.10 Å². The van der Waals surface area contributed by atoms with Gasteiger partial charge in [-0.1, -0.05) is 5.16 Å². The van der Waals surface area contributed by atoms with Gasteiger partial charge in [0.05, 0.1) is 23.1 Å². The number of aryl methyl sites for hydroxylation is 1. The summed E-state index contributed by atoms with van der Waals surface area (Å²) in [5, 5.41) is 14.9. The molecule has 2 heterocycles. The van der Waals surface area contributed by atoms with Crippen LogP contribution in [0.3, 0.4) is 0 Å². The van der Waals surface area contributed by atoms with Crippen LogP contribution >= 0.6 is 0 Å². The molecule has 19 heavy (non-hydrogen) atoms. The molecule has 3 aromatic rings. The summed E-state index contributed by atoms with van der Waals surface area (Å²) in [7, 11) is 0. The molecule has 1 aromatic carbocycles. The van der Waals surface area contributed by atoms with Crippen molar-refractivity contribution >= 4 is 22.3 Å². The first-order valence-corrected chi connectivity index (χ1v) is 5.98. The standard InChI is InChI=1S/C12H14N6O/c1-7-16-12(19-18-7)2-3-14-11-5-10-8(4-9(11)13)6-15-17-10/h4-6,14H,2-3,13H2,1H3,(H,15,17). The van der Waals surface area contributed by atoms with Crippen molar-refractivity contribution in [1.82, 2.24) is 20.3 Å². The molecule has 0 amide bonds. The van der Waals surface area contributed by atoms with Crippen LogP contribution in [0.15, 0.2) is 22.9 Å². The number of aromatic amines is 1. The van der Waals surface area contributed by atoms with Crippen LogP contribution in [-0.2, 0) is 6.42 Å². The maximum atomic E-state index is 5.97. The normalized spacial score (nSPS) is 11.0. The Morgan fingerprint density at radius 1 is 1.42 bits per heavy atom. The van der Waals surface area contributed by atoms with Gasteiger partial charge in [0.1, 0.15) is 0 Å². The summed E-state index contributed by atoms with van der Waals surface area (Å²) in [6, 6.07) is 3.83. The first-order valence-electron chi connectivity index (χ1n) is 5.98. The van der Waals surface area contributed by atoms with Gasteiger partial charge in [-0.15, -0.1) is 0 Å². The van der Waals surface area contributed by atoms with Crippen LogP contribution in [-0.4, -0.2) is 26.9 Å². The number of fused-ring (bicyclic) bond motifs is 1. The second-order valence-corrected chi connectivity index (χ2v) is 4.31. The fourth-order valence-electron chi connectivity index (χ4n) is 1.91. The summed E-state index contributed by atoms with van der Waals surface area (Å²) >= 11 is 0. The fraction of sp³-hybridized carbons (Fsp3) is 0.250. The lowest BCUT2D eigenvalue weighted by molar-refractivity contribution is 0.377. The topological polar surface area (TPSA) is 106 Å². The van der Waals surface area contributed by atoms with E-state index in [1.807, 2.05) is 12.1 Å². The Morgan fingerprint density at radius 3 is 3.11 bits per heavy atom. The van der Waals surface area contributed by atoms with Gasteiger partial charge in [0.15, 0.2) is 5.82 Å². The highest BCUT2D eigenvalue weighted by Gasteiger charge is 2.05. The summed E-state index contributed by atoms with van der Waals surface area (Å²) in [5.74, 6) is 1.26. The Balaban J connectivity index is 1.69. The number of benzene rings is 1. The van der Waals surface area contributed by atoms with E-state index in [4.69, 9.17) is 10.3 Å². The molecular weight excluding hydrogens is 244 g/mol. The Hall–Kier alpha value is -2.57. The highest BCUT2D eigenvalue weighted by Crippen LogP contribution is 2.24. The van der Waals surface area contributed by atoms with Crippen molar-refractivity contribution in [2.45, 2.75) is 13.3 Å². The average Bonchev–Trinajstić information content (AvgIpc) is 2.98. The molecule has 0 unspecified atom stereocenters. The molecule has 7 heteroatoms. The molecule has 0 saturated carbocycles. The van der Waals surface area contributed by atoms with Gasteiger partial charge < -0.3 is 15.6 Å². The second-order valence-electron chi connectivity index (χ2n) is 4.31. The van der Waals surface area contributed by atoms with Crippen LogP contribution in [0.4, 0.5) is 11.4 Å². The summed E-state index contributed by atoms with van der Waals surface area (Å²) in [4.78, 5) is 4.14. The average molecular weight is 258 g/mol. The number of nitrogens with two attached hydrogens (primary N) is 1. The van der Waals surface area contributed by atoms with Gasteiger partial charge in [-0.2, -0.15) is 10.1 Å². The number of hydrogen-bond donors (Lipinski definition) is 3. The number of rotatable bonds is 4. The van der Waals surface area contributed by atoms with Crippen LogP contribution in [0.25, 0.3) is 10.9 Å². The lowest BCUT2D eigenvalue weighted by Crippen LogP contribution is -2.07. The van der Waals surface area contributed by atoms with Crippen molar-refractivity contribution < 1.29 is 4.52 Å².